The van der Waals surface area contributed by atoms with Gasteiger partial charge in [0, 0.05) is 50.9 Å². The van der Waals surface area contributed by atoms with Gasteiger partial charge in [0.15, 0.2) is 0 Å². The Kier molecular flexibility index (Phi) is 9.33. The van der Waals surface area contributed by atoms with E-state index in [2.05, 4.69) is 88.4 Å². The van der Waals surface area contributed by atoms with E-state index in [1.54, 1.807) is 4.90 Å². The van der Waals surface area contributed by atoms with Crippen molar-refractivity contribution in [3.05, 3.63) is 117 Å². The van der Waals surface area contributed by atoms with Gasteiger partial charge in [-0.3, -0.25) is 19.2 Å². The highest BCUT2D eigenvalue weighted by Gasteiger charge is 2.59. The number of likely N-dealkylation sites (N-methyl/N-ethyl adjacent to an activating group) is 4. The molecule has 0 unspecified atom stereocenters. The Labute approximate surface area is 344 Å². The molecule has 4 aromatic rings. The summed E-state index contributed by atoms with van der Waals surface area (Å²) < 4.78 is 0. The molecule has 0 saturated heterocycles. The molecule has 302 valence electrons. The molecule has 4 aliphatic heterocycles. The van der Waals surface area contributed by atoms with Gasteiger partial charge in [-0.25, -0.2) is 0 Å². The molecule has 0 bridgehead atoms. The maximum Gasteiger partial charge on any atom is 0.237 e. The van der Waals surface area contributed by atoms with Crippen LogP contribution in [-0.2, 0) is 40.8 Å². The van der Waals surface area contributed by atoms with Gasteiger partial charge in [-0.15, -0.1) is 0 Å². The number of hydrogen-bond acceptors (Lipinski definition) is 4. The number of carbonyl (C=O) groups excluding carboxylic acids is 4. The highest BCUT2D eigenvalue weighted by atomic mass is 16.2. The Balaban J connectivity index is 0.000000108. The van der Waals surface area contributed by atoms with Crippen molar-refractivity contribution in [1.82, 2.24) is 0 Å². The standard InChI is InChI=1S/C14H17NO.2C12H13NO.C12H15NO/c1-10-5-6-12-11(9-10)14(7-3-4-8-14)13(16)15(12)2;1-8-3-4-10-9(7-8)12(5-6-12)11(14)13(10)2;1-8-3-4-9-10(7-8)13(2)11(14)12(9)5-6-12;1-8-5-6-10-9(7-8)12(2,3)11(14)13(10)4/h5-6,9H,3-4,7-8H2,1-2H3;2*3-4,7H,5-6H2,1-2H3;5-7H,1-4H3. The predicted molar refractivity (Wildman–Crippen MR) is 233 cm³/mol. The fourth-order valence-corrected chi connectivity index (χ4v) is 10.4. The van der Waals surface area contributed by atoms with E-state index >= 15 is 0 Å². The first-order valence-corrected chi connectivity index (χ1v) is 21.0. The number of rotatable bonds is 0. The van der Waals surface area contributed by atoms with Crippen LogP contribution in [0.15, 0.2) is 72.8 Å². The van der Waals surface area contributed by atoms with E-state index in [0.29, 0.717) is 5.91 Å². The summed E-state index contributed by atoms with van der Waals surface area (Å²) in [5.41, 5.74) is 13.5. The third-order valence-corrected chi connectivity index (χ3v) is 14.2. The van der Waals surface area contributed by atoms with Crippen molar-refractivity contribution in [1.29, 1.82) is 0 Å². The van der Waals surface area contributed by atoms with Crippen LogP contribution in [0.5, 0.6) is 0 Å². The number of hydrogen-bond donors (Lipinski definition) is 0. The van der Waals surface area contributed by atoms with Gasteiger partial charge < -0.3 is 19.6 Å². The zero-order chi connectivity index (χ0) is 41.7. The smallest absolute Gasteiger partial charge is 0.237 e. The quantitative estimate of drug-likeness (QED) is 0.179. The minimum atomic E-state index is -0.365. The van der Waals surface area contributed by atoms with E-state index in [-0.39, 0.29) is 39.4 Å². The first-order chi connectivity index (χ1) is 27.4. The van der Waals surface area contributed by atoms with Gasteiger partial charge in [-0.2, -0.15) is 0 Å². The van der Waals surface area contributed by atoms with Crippen LogP contribution in [0.1, 0.15) is 110 Å². The SMILES string of the molecule is Cc1ccc2c(c1)C(C)(C)C(=O)N2C.Cc1ccc2c(c1)C1(CC1)C(=O)N2C.Cc1ccc2c(c1)C1(CCCC1)C(=O)N2C.Cc1ccc2c(c1)N(C)C(=O)C21CC1. The summed E-state index contributed by atoms with van der Waals surface area (Å²) in [5, 5.41) is 0. The van der Waals surface area contributed by atoms with Gasteiger partial charge in [0.05, 0.1) is 21.7 Å². The molecule has 58 heavy (non-hydrogen) atoms. The second-order valence-electron chi connectivity index (χ2n) is 18.6. The normalized spacial score (nSPS) is 20.9. The predicted octanol–water partition coefficient (Wildman–Crippen LogP) is 9.04. The number of carbonyl (C=O) groups is 4. The molecule has 3 fully saturated rings. The molecule has 11 rings (SSSR count). The summed E-state index contributed by atoms with van der Waals surface area (Å²) in [6.07, 6.45) is 8.58. The summed E-state index contributed by atoms with van der Waals surface area (Å²) in [6, 6.07) is 25.2. The fourth-order valence-electron chi connectivity index (χ4n) is 10.4. The molecule has 0 radical (unpaired) electrons. The summed E-state index contributed by atoms with van der Waals surface area (Å²) >= 11 is 0. The lowest BCUT2D eigenvalue weighted by molar-refractivity contribution is -0.123. The molecule has 4 amide bonds. The number of fused-ring (bicyclic) bond motifs is 7. The van der Waals surface area contributed by atoms with Crippen LogP contribution < -0.4 is 19.6 Å². The maximum absolute atomic E-state index is 12.4. The van der Waals surface area contributed by atoms with E-state index in [1.807, 2.05) is 68.9 Å². The molecule has 0 N–H and O–H groups in total. The van der Waals surface area contributed by atoms with E-state index in [0.717, 1.165) is 66.8 Å². The minimum absolute atomic E-state index is 0.113. The van der Waals surface area contributed by atoms with Gasteiger partial charge in [-0.1, -0.05) is 78.1 Å². The molecule has 3 aliphatic carbocycles. The molecule has 8 heteroatoms. The second-order valence-corrected chi connectivity index (χ2v) is 18.6. The minimum Gasteiger partial charge on any atom is -0.314 e. The van der Waals surface area contributed by atoms with Gasteiger partial charge in [0.1, 0.15) is 0 Å². The van der Waals surface area contributed by atoms with Crippen molar-refractivity contribution in [3.63, 3.8) is 0 Å². The van der Waals surface area contributed by atoms with Crippen LogP contribution in [0.2, 0.25) is 0 Å². The Morgan fingerprint density at radius 2 is 0.707 bits per heavy atom. The van der Waals surface area contributed by atoms with Crippen LogP contribution in [0.3, 0.4) is 0 Å². The Morgan fingerprint density at radius 3 is 1.16 bits per heavy atom. The lowest BCUT2D eigenvalue weighted by atomic mass is 9.79. The van der Waals surface area contributed by atoms with Gasteiger partial charge in [-0.05, 0) is 132 Å². The Hall–Kier alpha value is -5.24. The van der Waals surface area contributed by atoms with E-state index in [4.69, 9.17) is 0 Å². The monoisotopic (exact) mass is 778 g/mol. The Bertz CT molecular complexity index is 2320. The molecular formula is C50H58N4O4. The van der Waals surface area contributed by atoms with Crippen LogP contribution in [0.25, 0.3) is 0 Å². The van der Waals surface area contributed by atoms with Crippen LogP contribution in [0.4, 0.5) is 22.7 Å². The van der Waals surface area contributed by atoms with E-state index in [1.165, 1.54) is 51.8 Å². The zero-order valence-electron chi connectivity index (χ0n) is 36.0. The largest absolute Gasteiger partial charge is 0.314 e. The van der Waals surface area contributed by atoms with Crippen molar-refractivity contribution >= 4 is 46.4 Å². The van der Waals surface area contributed by atoms with E-state index < -0.39 is 0 Å². The van der Waals surface area contributed by atoms with Crippen LogP contribution in [0, 0.1) is 27.7 Å². The average molecular weight is 779 g/mol. The molecule has 3 saturated carbocycles. The van der Waals surface area contributed by atoms with Crippen molar-refractivity contribution in [2.75, 3.05) is 47.8 Å². The molecule has 3 spiro atoms. The van der Waals surface area contributed by atoms with Gasteiger partial charge in [0.2, 0.25) is 23.6 Å². The molecule has 7 aliphatic rings. The molecule has 4 heterocycles. The third kappa shape index (κ3) is 5.92. The van der Waals surface area contributed by atoms with E-state index in [9.17, 15) is 19.2 Å². The number of anilines is 4. The molecule has 0 aromatic heterocycles. The van der Waals surface area contributed by atoms with Crippen molar-refractivity contribution < 1.29 is 19.2 Å². The lowest BCUT2D eigenvalue weighted by Crippen LogP contribution is -2.36. The summed E-state index contributed by atoms with van der Waals surface area (Å²) in [7, 11) is 7.51. The molecule has 8 nitrogen and oxygen atoms in total. The number of benzene rings is 4. The number of amides is 4. The first-order valence-electron chi connectivity index (χ1n) is 21.0. The maximum atomic E-state index is 12.4. The average Bonchev–Trinajstić information content (AvgIpc) is 4.09. The van der Waals surface area contributed by atoms with Crippen molar-refractivity contribution in [2.24, 2.45) is 0 Å². The second kappa shape index (κ2) is 13.7. The van der Waals surface area contributed by atoms with Crippen molar-refractivity contribution in [3.8, 4) is 0 Å². The molecule has 4 aromatic carbocycles. The number of nitrogens with zero attached hydrogens (tertiary/aromatic N) is 4. The highest BCUT2D eigenvalue weighted by molar-refractivity contribution is 6.11. The van der Waals surface area contributed by atoms with Crippen molar-refractivity contribution in [2.45, 2.75) is 115 Å². The summed E-state index contributed by atoms with van der Waals surface area (Å²) in [6.45, 7) is 12.3. The molecular weight excluding hydrogens is 721 g/mol. The topological polar surface area (TPSA) is 81.2 Å². The lowest BCUT2D eigenvalue weighted by Gasteiger charge is -2.21. The van der Waals surface area contributed by atoms with Crippen LogP contribution in [-0.4, -0.2) is 51.8 Å². The summed E-state index contributed by atoms with van der Waals surface area (Å²) in [5.74, 6) is 1.07. The fraction of sp³-hybridized carbons (Fsp3) is 0.440. The highest BCUT2D eigenvalue weighted by Crippen LogP contribution is 2.58. The molecule has 0 atom stereocenters. The van der Waals surface area contributed by atoms with Gasteiger partial charge in [0.25, 0.3) is 0 Å². The zero-order valence-corrected chi connectivity index (χ0v) is 36.0. The third-order valence-electron chi connectivity index (χ3n) is 14.2. The van der Waals surface area contributed by atoms with Gasteiger partial charge >= 0.3 is 0 Å². The first kappa shape index (κ1) is 39.6. The number of aryl methyl sites for hydroxylation is 4. The summed E-state index contributed by atoms with van der Waals surface area (Å²) in [4.78, 5) is 55.5. The van der Waals surface area contributed by atoms with Crippen LogP contribution >= 0.6 is 0 Å². The Morgan fingerprint density at radius 1 is 0.379 bits per heavy atom.